The van der Waals surface area contributed by atoms with E-state index in [9.17, 15) is 0 Å². The second kappa shape index (κ2) is 3.31. The molecule has 0 aliphatic carbocycles. The van der Waals surface area contributed by atoms with E-state index < -0.39 is 7.12 Å². The van der Waals surface area contributed by atoms with E-state index in [2.05, 4.69) is 0 Å². The van der Waals surface area contributed by atoms with Crippen LogP contribution in [0.5, 0.6) is 0 Å². The minimum absolute atomic E-state index is 0.516. The first-order valence-corrected chi connectivity index (χ1v) is 4.97. The van der Waals surface area contributed by atoms with Crippen LogP contribution in [0.15, 0.2) is 23.6 Å². The Hall–Kier alpha value is -0.545. The predicted octanol–water partition coefficient (Wildman–Crippen LogP) is 1.23. The Morgan fingerprint density at radius 1 is 1.31 bits per heavy atom. The van der Waals surface area contributed by atoms with Gasteiger partial charge >= 0.3 is 7.12 Å². The molecule has 0 unspecified atom stereocenters. The Morgan fingerprint density at radius 3 is 2.77 bits per heavy atom. The lowest BCUT2D eigenvalue weighted by atomic mass is 9.80. The van der Waals surface area contributed by atoms with Crippen molar-refractivity contribution in [1.29, 1.82) is 0 Å². The quantitative estimate of drug-likeness (QED) is 0.698. The predicted molar refractivity (Wildman–Crippen MR) is 56.7 cm³/mol. The number of hydrogen-bond donors (Lipinski definition) is 2. The molecular weight excluding hydrogens is 206 g/mol. The summed E-state index contributed by atoms with van der Waals surface area (Å²) in [5.41, 5.74) is 0.516. The van der Waals surface area contributed by atoms with Crippen LogP contribution in [0.4, 0.5) is 0 Å². The van der Waals surface area contributed by atoms with Crippen molar-refractivity contribution in [3.63, 3.8) is 0 Å². The van der Waals surface area contributed by atoms with Crippen molar-refractivity contribution in [3.8, 4) is 0 Å². The summed E-state index contributed by atoms with van der Waals surface area (Å²) in [7, 11) is -1.42. The van der Waals surface area contributed by atoms with Crippen LogP contribution >= 0.6 is 22.9 Å². The monoisotopic (exact) mass is 212 g/mol. The Balaban J connectivity index is 2.71. The number of thiophene rings is 1. The first-order valence-electron chi connectivity index (χ1n) is 3.71. The molecule has 0 aliphatic heterocycles. The van der Waals surface area contributed by atoms with Crippen molar-refractivity contribution < 1.29 is 10.0 Å². The zero-order valence-corrected chi connectivity index (χ0v) is 8.14. The average Bonchev–Trinajstić information content (AvgIpc) is 2.46. The first-order chi connectivity index (χ1) is 6.18. The maximum atomic E-state index is 9.02. The molecule has 1 aromatic carbocycles. The van der Waals surface area contributed by atoms with Crippen LogP contribution in [0.2, 0.25) is 5.02 Å². The lowest BCUT2D eigenvalue weighted by molar-refractivity contribution is 0.426. The maximum absolute atomic E-state index is 9.02. The number of benzene rings is 1. The zero-order valence-electron chi connectivity index (χ0n) is 6.57. The van der Waals surface area contributed by atoms with Gasteiger partial charge in [-0.25, -0.2) is 0 Å². The molecule has 0 radical (unpaired) electrons. The summed E-state index contributed by atoms with van der Waals surface area (Å²) in [6.45, 7) is 0. The molecule has 1 aromatic heterocycles. The number of fused-ring (bicyclic) bond motifs is 1. The van der Waals surface area contributed by atoms with Crippen molar-refractivity contribution in [2.45, 2.75) is 0 Å². The summed E-state index contributed by atoms with van der Waals surface area (Å²) < 4.78 is 1.01. The third-order valence-electron chi connectivity index (χ3n) is 1.84. The molecule has 66 valence electrons. The topological polar surface area (TPSA) is 40.5 Å². The summed E-state index contributed by atoms with van der Waals surface area (Å²) in [5.74, 6) is 0. The van der Waals surface area contributed by atoms with Crippen molar-refractivity contribution >= 4 is 45.6 Å². The van der Waals surface area contributed by atoms with E-state index in [4.69, 9.17) is 21.6 Å². The van der Waals surface area contributed by atoms with Gasteiger partial charge in [0.1, 0.15) is 0 Å². The van der Waals surface area contributed by atoms with Gasteiger partial charge < -0.3 is 10.0 Å². The van der Waals surface area contributed by atoms with E-state index >= 15 is 0 Å². The second-order valence-electron chi connectivity index (χ2n) is 2.71. The standard InChI is InChI=1S/C8H6BClO2S/c10-5-1-2-8-6(3-5)7(4-13-8)9(11)12/h1-4,11-12H. The molecule has 5 heteroatoms. The molecule has 2 rings (SSSR count). The maximum Gasteiger partial charge on any atom is 0.489 e. The first kappa shape index (κ1) is 9.03. The Labute approximate surface area is 84.5 Å². The van der Waals surface area contributed by atoms with Crippen LogP contribution in [0.25, 0.3) is 10.1 Å². The summed E-state index contributed by atoms with van der Waals surface area (Å²) in [6, 6.07) is 5.39. The van der Waals surface area contributed by atoms with Gasteiger partial charge in [-0.2, -0.15) is 0 Å². The van der Waals surface area contributed by atoms with Crippen LogP contribution in [-0.2, 0) is 0 Å². The normalized spacial score (nSPS) is 10.7. The van der Waals surface area contributed by atoms with Crippen molar-refractivity contribution in [2.75, 3.05) is 0 Å². The molecular formula is C8H6BClO2S. The van der Waals surface area contributed by atoms with Gasteiger partial charge in [-0.1, -0.05) is 11.6 Å². The highest BCUT2D eigenvalue weighted by molar-refractivity contribution is 7.18. The van der Waals surface area contributed by atoms with Crippen LogP contribution in [0, 0.1) is 0 Å². The molecule has 0 saturated carbocycles. The van der Waals surface area contributed by atoms with Gasteiger partial charge in [-0.05, 0) is 29.0 Å². The molecule has 0 spiro atoms. The van der Waals surface area contributed by atoms with Gasteiger partial charge in [0.15, 0.2) is 0 Å². The minimum atomic E-state index is -1.42. The van der Waals surface area contributed by atoms with Crippen molar-refractivity contribution in [3.05, 3.63) is 28.6 Å². The third-order valence-corrected chi connectivity index (χ3v) is 3.06. The van der Waals surface area contributed by atoms with Crippen LogP contribution < -0.4 is 5.46 Å². The fraction of sp³-hybridized carbons (Fsp3) is 0. The van der Waals surface area contributed by atoms with E-state index in [0.717, 1.165) is 10.1 Å². The van der Waals surface area contributed by atoms with Gasteiger partial charge in [0.25, 0.3) is 0 Å². The second-order valence-corrected chi connectivity index (χ2v) is 4.05. The van der Waals surface area contributed by atoms with E-state index in [1.54, 1.807) is 17.5 Å². The van der Waals surface area contributed by atoms with E-state index in [-0.39, 0.29) is 0 Å². The Kier molecular flexibility index (Phi) is 2.30. The molecule has 0 bridgehead atoms. The molecule has 2 nitrogen and oxygen atoms in total. The Bertz CT molecular complexity index is 441. The zero-order chi connectivity index (χ0) is 9.42. The third kappa shape index (κ3) is 1.58. The van der Waals surface area contributed by atoms with Gasteiger partial charge in [0, 0.05) is 15.2 Å². The highest BCUT2D eigenvalue weighted by Gasteiger charge is 2.16. The number of rotatable bonds is 1. The number of hydrogen-bond acceptors (Lipinski definition) is 3. The fourth-order valence-electron chi connectivity index (χ4n) is 1.22. The lowest BCUT2D eigenvalue weighted by Gasteiger charge is -1.96. The molecule has 0 amide bonds. The van der Waals surface area contributed by atoms with Crippen molar-refractivity contribution in [2.24, 2.45) is 0 Å². The lowest BCUT2D eigenvalue weighted by Crippen LogP contribution is -2.28. The van der Waals surface area contributed by atoms with Crippen molar-refractivity contribution in [1.82, 2.24) is 0 Å². The SMILES string of the molecule is OB(O)c1csc2ccc(Cl)cc12. The molecule has 0 aliphatic rings. The average molecular weight is 212 g/mol. The Morgan fingerprint density at radius 2 is 2.08 bits per heavy atom. The van der Waals surface area contributed by atoms with Gasteiger partial charge in [0.2, 0.25) is 0 Å². The molecule has 13 heavy (non-hydrogen) atoms. The van der Waals surface area contributed by atoms with Gasteiger partial charge in [-0.3, -0.25) is 0 Å². The summed E-state index contributed by atoms with van der Waals surface area (Å²) >= 11 is 7.27. The molecule has 0 saturated heterocycles. The highest BCUT2D eigenvalue weighted by atomic mass is 35.5. The summed E-state index contributed by atoms with van der Waals surface area (Å²) in [5, 5.41) is 21.2. The molecule has 2 N–H and O–H groups in total. The fourth-order valence-corrected chi connectivity index (χ4v) is 2.35. The summed E-state index contributed by atoms with van der Waals surface area (Å²) in [4.78, 5) is 0. The van der Waals surface area contributed by atoms with E-state index in [1.165, 1.54) is 11.3 Å². The van der Waals surface area contributed by atoms with E-state index in [0.29, 0.717) is 10.5 Å². The van der Waals surface area contributed by atoms with Crippen LogP contribution in [0.3, 0.4) is 0 Å². The molecule has 2 aromatic rings. The molecule has 0 fully saturated rings. The smallest absolute Gasteiger partial charge is 0.423 e. The molecule has 0 atom stereocenters. The van der Waals surface area contributed by atoms with Crippen LogP contribution in [0.1, 0.15) is 0 Å². The van der Waals surface area contributed by atoms with E-state index in [1.807, 2.05) is 6.07 Å². The highest BCUT2D eigenvalue weighted by Crippen LogP contribution is 2.22. The van der Waals surface area contributed by atoms with Gasteiger partial charge in [0.05, 0.1) is 0 Å². The minimum Gasteiger partial charge on any atom is -0.423 e. The summed E-state index contributed by atoms with van der Waals surface area (Å²) in [6.07, 6.45) is 0. The van der Waals surface area contributed by atoms with Gasteiger partial charge in [-0.15, -0.1) is 11.3 Å². The van der Waals surface area contributed by atoms with Crippen LogP contribution in [-0.4, -0.2) is 17.2 Å². The molecule has 1 heterocycles. The number of halogens is 1. The largest absolute Gasteiger partial charge is 0.489 e.